The summed E-state index contributed by atoms with van der Waals surface area (Å²) in [5.74, 6) is 0.526. The summed E-state index contributed by atoms with van der Waals surface area (Å²) in [7, 11) is 0. The van der Waals surface area contributed by atoms with Gasteiger partial charge in [-0.2, -0.15) is 0 Å². The Kier molecular flexibility index (Phi) is 5.94. The summed E-state index contributed by atoms with van der Waals surface area (Å²) in [5.41, 5.74) is 2.72. The van der Waals surface area contributed by atoms with Gasteiger partial charge in [0.2, 0.25) is 0 Å². The van der Waals surface area contributed by atoms with Crippen molar-refractivity contribution in [3.63, 3.8) is 0 Å². The number of pyridine rings is 1. The quantitative estimate of drug-likeness (QED) is 0.590. The van der Waals surface area contributed by atoms with Gasteiger partial charge in [-0.05, 0) is 68.4 Å². The summed E-state index contributed by atoms with van der Waals surface area (Å²) < 4.78 is 5.60. The largest absolute Gasteiger partial charge is 0.491 e. The molecular formula is C21H20ClN3O2. The second-order valence-corrected chi connectivity index (χ2v) is 6.68. The van der Waals surface area contributed by atoms with E-state index < -0.39 is 0 Å². The molecule has 0 saturated carbocycles. The molecule has 1 aromatic heterocycles. The van der Waals surface area contributed by atoms with Crippen molar-refractivity contribution >= 4 is 34.6 Å². The van der Waals surface area contributed by atoms with Gasteiger partial charge >= 0.3 is 0 Å². The van der Waals surface area contributed by atoms with Gasteiger partial charge in [0.05, 0.1) is 23.6 Å². The molecule has 2 aromatic carbocycles. The smallest absolute Gasteiger partial charge is 0.257 e. The normalized spacial score (nSPS) is 10.5. The van der Waals surface area contributed by atoms with Crippen molar-refractivity contribution in [1.82, 2.24) is 4.98 Å². The molecular weight excluding hydrogens is 362 g/mol. The summed E-state index contributed by atoms with van der Waals surface area (Å²) in [6.07, 6.45) is 3.29. The Bertz CT molecular complexity index is 909. The van der Waals surface area contributed by atoms with Gasteiger partial charge in [0.1, 0.15) is 5.75 Å². The molecule has 3 aromatic rings. The molecule has 0 bridgehead atoms. The Hall–Kier alpha value is -3.05. The number of hydrogen-bond acceptors (Lipinski definition) is 4. The molecule has 2 N–H and O–H groups in total. The first-order valence-electron chi connectivity index (χ1n) is 8.55. The number of halogens is 1. The van der Waals surface area contributed by atoms with E-state index in [2.05, 4.69) is 15.6 Å². The van der Waals surface area contributed by atoms with Crippen LogP contribution in [0.3, 0.4) is 0 Å². The van der Waals surface area contributed by atoms with E-state index in [9.17, 15) is 4.79 Å². The Balaban J connectivity index is 1.67. The maximum atomic E-state index is 12.5. The van der Waals surface area contributed by atoms with Crippen molar-refractivity contribution in [2.75, 3.05) is 10.6 Å². The zero-order chi connectivity index (χ0) is 19.2. The Morgan fingerprint density at radius 3 is 2.30 bits per heavy atom. The molecule has 0 radical (unpaired) electrons. The average Bonchev–Trinajstić information content (AvgIpc) is 2.65. The average molecular weight is 382 g/mol. The molecule has 0 aliphatic heterocycles. The standard InChI is InChI=1S/C21H20ClN3O2/c1-14(2)27-20-9-7-18(8-10-20)25-21(26)15-11-19(13-23-12-15)24-17-5-3-16(22)4-6-17/h3-14,24H,1-2H3,(H,25,26). The fourth-order valence-corrected chi connectivity index (χ4v) is 2.55. The SMILES string of the molecule is CC(C)Oc1ccc(NC(=O)c2cncc(Nc3ccc(Cl)cc3)c2)cc1. The van der Waals surface area contributed by atoms with E-state index in [0.717, 1.165) is 11.4 Å². The molecule has 138 valence electrons. The first-order chi connectivity index (χ1) is 13.0. The molecule has 6 heteroatoms. The topological polar surface area (TPSA) is 63.2 Å². The Labute approximate surface area is 163 Å². The van der Waals surface area contributed by atoms with Gasteiger partial charge in [0.25, 0.3) is 5.91 Å². The number of amides is 1. The van der Waals surface area contributed by atoms with Crippen LogP contribution in [0.4, 0.5) is 17.1 Å². The van der Waals surface area contributed by atoms with Crippen molar-refractivity contribution in [3.8, 4) is 5.75 Å². The number of anilines is 3. The van der Waals surface area contributed by atoms with E-state index in [1.807, 2.05) is 38.1 Å². The first kappa shape index (κ1) is 18.7. The van der Waals surface area contributed by atoms with E-state index in [0.29, 0.717) is 22.0 Å². The number of nitrogens with one attached hydrogen (secondary N) is 2. The fourth-order valence-electron chi connectivity index (χ4n) is 2.42. The Morgan fingerprint density at radius 1 is 0.963 bits per heavy atom. The maximum Gasteiger partial charge on any atom is 0.257 e. The molecule has 0 unspecified atom stereocenters. The van der Waals surface area contributed by atoms with Crippen LogP contribution in [0.2, 0.25) is 5.02 Å². The van der Waals surface area contributed by atoms with Crippen LogP contribution in [0.25, 0.3) is 0 Å². The molecule has 1 amide bonds. The zero-order valence-corrected chi connectivity index (χ0v) is 15.8. The van der Waals surface area contributed by atoms with Crippen molar-refractivity contribution in [1.29, 1.82) is 0 Å². The number of hydrogen-bond donors (Lipinski definition) is 2. The number of ether oxygens (including phenoxy) is 1. The van der Waals surface area contributed by atoms with Crippen LogP contribution in [0, 0.1) is 0 Å². The summed E-state index contributed by atoms with van der Waals surface area (Å²) in [6.45, 7) is 3.93. The van der Waals surface area contributed by atoms with Crippen LogP contribution in [0.1, 0.15) is 24.2 Å². The van der Waals surface area contributed by atoms with Crippen molar-refractivity contribution in [3.05, 3.63) is 77.6 Å². The Morgan fingerprint density at radius 2 is 1.63 bits per heavy atom. The number of rotatable bonds is 6. The van der Waals surface area contributed by atoms with Gasteiger partial charge < -0.3 is 15.4 Å². The summed E-state index contributed by atoms with van der Waals surface area (Å²) >= 11 is 5.89. The molecule has 0 spiro atoms. The van der Waals surface area contributed by atoms with Crippen LogP contribution in [-0.4, -0.2) is 17.0 Å². The number of carbonyl (C=O) groups excluding carboxylic acids is 1. The molecule has 0 fully saturated rings. The van der Waals surface area contributed by atoms with Gasteiger partial charge in [-0.25, -0.2) is 0 Å². The lowest BCUT2D eigenvalue weighted by Gasteiger charge is -2.11. The predicted molar refractivity (Wildman–Crippen MR) is 109 cm³/mol. The minimum absolute atomic E-state index is 0.104. The van der Waals surface area contributed by atoms with Crippen LogP contribution < -0.4 is 15.4 Å². The van der Waals surface area contributed by atoms with Crippen molar-refractivity contribution in [2.24, 2.45) is 0 Å². The van der Waals surface area contributed by atoms with Crippen LogP contribution in [-0.2, 0) is 0 Å². The van der Waals surface area contributed by atoms with Gasteiger partial charge in [-0.3, -0.25) is 9.78 Å². The number of carbonyl (C=O) groups is 1. The first-order valence-corrected chi connectivity index (χ1v) is 8.93. The molecule has 3 rings (SSSR count). The zero-order valence-electron chi connectivity index (χ0n) is 15.1. The van der Waals surface area contributed by atoms with E-state index in [1.165, 1.54) is 6.20 Å². The lowest BCUT2D eigenvalue weighted by atomic mass is 10.2. The van der Waals surface area contributed by atoms with E-state index in [4.69, 9.17) is 16.3 Å². The molecule has 5 nitrogen and oxygen atoms in total. The number of aromatic nitrogens is 1. The summed E-state index contributed by atoms with van der Waals surface area (Å²) in [4.78, 5) is 16.6. The van der Waals surface area contributed by atoms with E-state index >= 15 is 0 Å². The fraction of sp³-hybridized carbons (Fsp3) is 0.143. The van der Waals surface area contributed by atoms with Crippen LogP contribution >= 0.6 is 11.6 Å². The lowest BCUT2D eigenvalue weighted by Crippen LogP contribution is -2.12. The van der Waals surface area contributed by atoms with Gasteiger partial charge in [-0.1, -0.05) is 11.6 Å². The summed E-state index contributed by atoms with van der Waals surface area (Å²) in [5, 5.41) is 6.72. The third kappa shape index (κ3) is 5.46. The highest BCUT2D eigenvalue weighted by molar-refractivity contribution is 6.30. The van der Waals surface area contributed by atoms with E-state index in [-0.39, 0.29) is 12.0 Å². The minimum atomic E-state index is -0.236. The predicted octanol–water partition coefficient (Wildman–Crippen LogP) is 5.52. The van der Waals surface area contributed by atoms with Gasteiger partial charge in [0, 0.05) is 22.6 Å². The summed E-state index contributed by atoms with van der Waals surface area (Å²) in [6, 6.07) is 16.3. The molecule has 0 saturated heterocycles. The lowest BCUT2D eigenvalue weighted by molar-refractivity contribution is 0.102. The van der Waals surface area contributed by atoms with Crippen molar-refractivity contribution < 1.29 is 9.53 Å². The van der Waals surface area contributed by atoms with Crippen molar-refractivity contribution in [2.45, 2.75) is 20.0 Å². The second-order valence-electron chi connectivity index (χ2n) is 6.24. The third-order valence-electron chi connectivity index (χ3n) is 3.62. The van der Waals surface area contributed by atoms with Crippen LogP contribution in [0.15, 0.2) is 67.0 Å². The van der Waals surface area contributed by atoms with E-state index in [1.54, 1.807) is 36.5 Å². The molecule has 27 heavy (non-hydrogen) atoms. The molecule has 0 atom stereocenters. The minimum Gasteiger partial charge on any atom is -0.491 e. The molecule has 1 heterocycles. The highest BCUT2D eigenvalue weighted by atomic mass is 35.5. The second kappa shape index (κ2) is 8.56. The number of benzene rings is 2. The molecule has 0 aliphatic rings. The number of nitrogens with zero attached hydrogens (tertiary/aromatic N) is 1. The monoisotopic (exact) mass is 381 g/mol. The van der Waals surface area contributed by atoms with Crippen LogP contribution in [0.5, 0.6) is 5.75 Å². The van der Waals surface area contributed by atoms with Gasteiger partial charge in [0.15, 0.2) is 0 Å². The molecule has 0 aliphatic carbocycles. The van der Waals surface area contributed by atoms with Gasteiger partial charge in [-0.15, -0.1) is 0 Å². The highest BCUT2D eigenvalue weighted by Gasteiger charge is 2.08. The maximum absolute atomic E-state index is 12.5. The third-order valence-corrected chi connectivity index (χ3v) is 3.87. The highest BCUT2D eigenvalue weighted by Crippen LogP contribution is 2.20.